The fourth-order valence-electron chi connectivity index (χ4n) is 0.862. The first-order valence-corrected chi connectivity index (χ1v) is 3.32. The van der Waals surface area contributed by atoms with Crippen molar-refractivity contribution >= 4 is 5.71 Å². The average molecular weight is 139 g/mol. The van der Waals surface area contributed by atoms with Gasteiger partial charge in [0.1, 0.15) is 6.17 Å². The Labute approximate surface area is 61.2 Å². The summed E-state index contributed by atoms with van der Waals surface area (Å²) in [7, 11) is 1.97. The molecule has 0 aromatic heterocycles. The van der Waals surface area contributed by atoms with E-state index in [1.54, 1.807) is 0 Å². The van der Waals surface area contributed by atoms with E-state index in [1.807, 2.05) is 32.0 Å². The SMILES string of the molecule is CC1=CN=C(C)C(N)N1C. The molecule has 2 N–H and O–H groups in total. The molecule has 1 atom stereocenters. The third-order valence-electron chi connectivity index (χ3n) is 1.86. The van der Waals surface area contributed by atoms with Crippen LogP contribution in [0.25, 0.3) is 0 Å². The molecule has 0 aliphatic carbocycles. The summed E-state index contributed by atoms with van der Waals surface area (Å²) in [6.07, 6.45) is 1.79. The zero-order chi connectivity index (χ0) is 7.72. The third kappa shape index (κ3) is 1.04. The lowest BCUT2D eigenvalue weighted by atomic mass is 10.2. The van der Waals surface area contributed by atoms with Crippen molar-refractivity contribution in [3.63, 3.8) is 0 Å². The van der Waals surface area contributed by atoms with E-state index >= 15 is 0 Å². The van der Waals surface area contributed by atoms with Crippen molar-refractivity contribution in [3.05, 3.63) is 11.9 Å². The van der Waals surface area contributed by atoms with Crippen molar-refractivity contribution < 1.29 is 0 Å². The molecule has 0 aromatic carbocycles. The van der Waals surface area contributed by atoms with Crippen LogP contribution >= 0.6 is 0 Å². The predicted octanol–water partition coefficient (Wildman–Crippen LogP) is 0.539. The second-order valence-corrected chi connectivity index (χ2v) is 2.60. The van der Waals surface area contributed by atoms with Crippen LogP contribution in [0.2, 0.25) is 0 Å². The summed E-state index contributed by atoms with van der Waals surface area (Å²) in [5.41, 5.74) is 7.84. The maximum Gasteiger partial charge on any atom is 0.116 e. The number of rotatable bonds is 0. The molecule has 1 aliphatic rings. The number of aliphatic imine (C=N–C) groups is 1. The van der Waals surface area contributed by atoms with Crippen LogP contribution in [0.3, 0.4) is 0 Å². The Morgan fingerprint density at radius 1 is 1.60 bits per heavy atom. The van der Waals surface area contributed by atoms with Gasteiger partial charge in [0.25, 0.3) is 0 Å². The van der Waals surface area contributed by atoms with Gasteiger partial charge in [-0.2, -0.15) is 0 Å². The predicted molar refractivity (Wildman–Crippen MR) is 42.6 cm³/mol. The molecule has 1 unspecified atom stereocenters. The van der Waals surface area contributed by atoms with E-state index in [9.17, 15) is 0 Å². The van der Waals surface area contributed by atoms with Crippen molar-refractivity contribution in [1.82, 2.24) is 4.90 Å². The summed E-state index contributed by atoms with van der Waals surface area (Å²) in [4.78, 5) is 6.13. The van der Waals surface area contributed by atoms with Crippen molar-refractivity contribution in [2.75, 3.05) is 7.05 Å². The van der Waals surface area contributed by atoms with E-state index in [0.717, 1.165) is 11.4 Å². The highest BCUT2D eigenvalue weighted by molar-refractivity contribution is 5.88. The van der Waals surface area contributed by atoms with E-state index in [1.165, 1.54) is 0 Å². The fourth-order valence-corrected chi connectivity index (χ4v) is 0.862. The van der Waals surface area contributed by atoms with E-state index in [2.05, 4.69) is 4.99 Å². The highest BCUT2D eigenvalue weighted by Crippen LogP contribution is 2.09. The van der Waals surface area contributed by atoms with Crippen LogP contribution in [0.5, 0.6) is 0 Å². The number of nitrogens with two attached hydrogens (primary N) is 1. The molecule has 1 rings (SSSR count). The highest BCUT2D eigenvalue weighted by atomic mass is 15.2. The Hall–Kier alpha value is -0.830. The number of nitrogens with zero attached hydrogens (tertiary/aromatic N) is 2. The molecule has 0 bridgehead atoms. The molecule has 3 nitrogen and oxygen atoms in total. The van der Waals surface area contributed by atoms with Gasteiger partial charge >= 0.3 is 0 Å². The minimum Gasteiger partial charge on any atom is -0.357 e. The van der Waals surface area contributed by atoms with Gasteiger partial charge in [-0.05, 0) is 13.8 Å². The molecule has 56 valence electrons. The van der Waals surface area contributed by atoms with Gasteiger partial charge in [-0.25, -0.2) is 0 Å². The van der Waals surface area contributed by atoms with Crippen molar-refractivity contribution in [3.8, 4) is 0 Å². The Morgan fingerprint density at radius 3 is 2.70 bits per heavy atom. The van der Waals surface area contributed by atoms with Crippen LogP contribution in [-0.4, -0.2) is 23.8 Å². The average Bonchev–Trinajstić information content (AvgIpc) is 1.93. The number of allylic oxidation sites excluding steroid dienone is 1. The summed E-state index contributed by atoms with van der Waals surface area (Å²) in [6, 6.07) is 0. The standard InChI is InChI=1S/C7H13N3/c1-5-4-9-6(2)7(8)10(5)3/h4,7H,8H2,1-3H3. The lowest BCUT2D eigenvalue weighted by Crippen LogP contribution is -2.44. The van der Waals surface area contributed by atoms with Crippen molar-refractivity contribution in [1.29, 1.82) is 0 Å². The van der Waals surface area contributed by atoms with Gasteiger partial charge in [0.2, 0.25) is 0 Å². The van der Waals surface area contributed by atoms with Gasteiger partial charge in [-0.1, -0.05) is 0 Å². The van der Waals surface area contributed by atoms with Gasteiger partial charge in [-0.15, -0.1) is 0 Å². The van der Waals surface area contributed by atoms with Gasteiger partial charge in [0.05, 0.1) is 5.71 Å². The first-order valence-electron chi connectivity index (χ1n) is 3.32. The lowest BCUT2D eigenvalue weighted by Gasteiger charge is -2.29. The second kappa shape index (κ2) is 2.42. The summed E-state index contributed by atoms with van der Waals surface area (Å²) in [5, 5.41) is 0. The van der Waals surface area contributed by atoms with Crippen molar-refractivity contribution in [2.45, 2.75) is 20.0 Å². The molecule has 3 heteroatoms. The highest BCUT2D eigenvalue weighted by Gasteiger charge is 2.15. The molecular weight excluding hydrogens is 126 g/mol. The minimum atomic E-state index is -0.0370. The molecule has 0 amide bonds. The summed E-state index contributed by atoms with van der Waals surface area (Å²) < 4.78 is 0. The molecule has 1 heterocycles. The molecular formula is C7H13N3. The fraction of sp³-hybridized carbons (Fsp3) is 0.571. The quantitative estimate of drug-likeness (QED) is 0.532. The van der Waals surface area contributed by atoms with Crippen LogP contribution in [0.15, 0.2) is 16.9 Å². The van der Waals surface area contributed by atoms with Crippen LogP contribution in [0.4, 0.5) is 0 Å². The largest absolute Gasteiger partial charge is 0.357 e. The molecule has 0 spiro atoms. The van der Waals surface area contributed by atoms with E-state index in [0.29, 0.717) is 0 Å². The Bertz CT molecular complexity index is 171. The summed E-state index contributed by atoms with van der Waals surface area (Å²) in [6.45, 7) is 3.93. The normalized spacial score (nSPS) is 26.0. The third-order valence-corrected chi connectivity index (χ3v) is 1.86. The van der Waals surface area contributed by atoms with E-state index < -0.39 is 0 Å². The first-order chi connectivity index (χ1) is 4.63. The van der Waals surface area contributed by atoms with Gasteiger partial charge in [0, 0.05) is 18.9 Å². The molecule has 0 aromatic rings. The summed E-state index contributed by atoms with van der Waals surface area (Å²) in [5.74, 6) is 0. The van der Waals surface area contributed by atoms with Crippen LogP contribution in [-0.2, 0) is 0 Å². The first kappa shape index (κ1) is 7.28. The van der Waals surface area contributed by atoms with Crippen molar-refractivity contribution in [2.24, 2.45) is 10.7 Å². The zero-order valence-corrected chi connectivity index (χ0v) is 6.63. The topological polar surface area (TPSA) is 41.6 Å². The Balaban J connectivity index is 2.86. The molecule has 1 aliphatic heterocycles. The Morgan fingerprint density at radius 2 is 2.20 bits per heavy atom. The van der Waals surface area contributed by atoms with Crippen LogP contribution < -0.4 is 5.73 Å². The number of hydrogen-bond donors (Lipinski definition) is 1. The monoisotopic (exact) mass is 139 g/mol. The summed E-state index contributed by atoms with van der Waals surface area (Å²) >= 11 is 0. The molecule has 0 radical (unpaired) electrons. The smallest absolute Gasteiger partial charge is 0.116 e. The van der Waals surface area contributed by atoms with Gasteiger partial charge in [0.15, 0.2) is 0 Å². The maximum atomic E-state index is 5.77. The lowest BCUT2D eigenvalue weighted by molar-refractivity contribution is 0.371. The van der Waals surface area contributed by atoms with Crippen LogP contribution in [0.1, 0.15) is 13.8 Å². The molecule has 0 saturated carbocycles. The maximum absolute atomic E-state index is 5.77. The number of hydrogen-bond acceptors (Lipinski definition) is 3. The van der Waals surface area contributed by atoms with Crippen LogP contribution in [0, 0.1) is 0 Å². The van der Waals surface area contributed by atoms with E-state index in [4.69, 9.17) is 5.73 Å². The second-order valence-electron chi connectivity index (χ2n) is 2.60. The zero-order valence-electron chi connectivity index (χ0n) is 6.63. The molecule has 0 saturated heterocycles. The molecule has 10 heavy (non-hydrogen) atoms. The minimum absolute atomic E-state index is 0.0370. The van der Waals surface area contributed by atoms with E-state index in [-0.39, 0.29) is 6.17 Å². The van der Waals surface area contributed by atoms with Gasteiger partial charge < -0.3 is 10.6 Å². The van der Waals surface area contributed by atoms with Gasteiger partial charge in [-0.3, -0.25) is 4.99 Å². The Kier molecular flexibility index (Phi) is 1.76. The molecule has 0 fully saturated rings.